The highest BCUT2D eigenvalue weighted by Crippen LogP contribution is 2.19. The lowest BCUT2D eigenvalue weighted by Crippen LogP contribution is -2.49. The smallest absolute Gasteiger partial charge is 0.191 e. The second-order valence-corrected chi connectivity index (χ2v) is 8.93. The van der Waals surface area contributed by atoms with Crippen LogP contribution >= 0.6 is 11.8 Å². The van der Waals surface area contributed by atoms with E-state index in [0.29, 0.717) is 0 Å². The zero-order valence-electron chi connectivity index (χ0n) is 16.8. The number of thioether (sulfide) groups is 1. The van der Waals surface area contributed by atoms with E-state index in [1.165, 1.54) is 5.56 Å². The van der Waals surface area contributed by atoms with Crippen molar-refractivity contribution in [2.24, 2.45) is 4.99 Å². The Morgan fingerprint density at radius 2 is 1.73 bits per heavy atom. The Morgan fingerprint density at radius 1 is 1.08 bits per heavy atom. The lowest BCUT2D eigenvalue weighted by atomic mass is 10.2. The number of hydrogen-bond acceptors (Lipinski definition) is 4. The van der Waals surface area contributed by atoms with E-state index in [2.05, 4.69) is 75.9 Å². The van der Waals surface area contributed by atoms with Gasteiger partial charge in [-0.2, -0.15) is 11.8 Å². The van der Waals surface area contributed by atoms with Crippen molar-refractivity contribution < 1.29 is 0 Å². The summed E-state index contributed by atoms with van der Waals surface area (Å²) in [7, 11) is 1.84. The summed E-state index contributed by atoms with van der Waals surface area (Å²) in [6.45, 7) is 13.0. The summed E-state index contributed by atoms with van der Waals surface area (Å²) >= 11 is 1.87. The molecule has 146 valence electrons. The molecule has 0 saturated carbocycles. The number of aliphatic imine (C=N–C) groups is 1. The maximum absolute atomic E-state index is 4.33. The second-order valence-electron chi connectivity index (χ2n) is 7.42. The first-order chi connectivity index (χ1) is 12.5. The first-order valence-corrected chi connectivity index (χ1v) is 10.7. The Bertz CT molecular complexity index is 538. The molecule has 0 bridgehead atoms. The van der Waals surface area contributed by atoms with Crippen molar-refractivity contribution in [3.05, 3.63) is 35.9 Å². The molecular formula is C20H35N5S. The van der Waals surface area contributed by atoms with Gasteiger partial charge in [-0.1, -0.05) is 30.3 Å². The molecule has 1 aromatic rings. The van der Waals surface area contributed by atoms with Crippen molar-refractivity contribution in [1.82, 2.24) is 20.4 Å². The molecule has 1 aliphatic heterocycles. The lowest BCUT2D eigenvalue weighted by molar-refractivity contribution is 0.129. The molecule has 0 amide bonds. The van der Waals surface area contributed by atoms with Gasteiger partial charge in [0.05, 0.1) is 0 Å². The molecule has 1 aliphatic rings. The minimum atomic E-state index is 0.215. The van der Waals surface area contributed by atoms with Crippen molar-refractivity contribution in [3.63, 3.8) is 0 Å². The second kappa shape index (κ2) is 10.8. The van der Waals surface area contributed by atoms with E-state index in [9.17, 15) is 0 Å². The molecule has 6 heteroatoms. The molecule has 5 nitrogen and oxygen atoms in total. The number of benzene rings is 1. The monoisotopic (exact) mass is 377 g/mol. The van der Waals surface area contributed by atoms with Crippen molar-refractivity contribution in [3.8, 4) is 0 Å². The average Bonchev–Trinajstić information content (AvgIpc) is 2.66. The standard InChI is InChI=1S/C20H35N5S/c1-20(2,26-4)17-23-19(21-3)22-10-11-24-12-14-25(15-13-24)16-18-8-6-5-7-9-18/h5-9H,10-17H2,1-4H3,(H2,21,22,23). The summed E-state index contributed by atoms with van der Waals surface area (Å²) < 4.78 is 0.215. The van der Waals surface area contributed by atoms with Gasteiger partial charge in [-0.3, -0.25) is 14.8 Å². The molecule has 0 atom stereocenters. The van der Waals surface area contributed by atoms with E-state index in [4.69, 9.17) is 0 Å². The fourth-order valence-corrected chi connectivity index (χ4v) is 3.15. The Labute approximate surface area is 163 Å². The van der Waals surface area contributed by atoms with Crippen LogP contribution in [-0.4, -0.2) is 79.6 Å². The Balaban J connectivity index is 1.62. The first kappa shape index (κ1) is 21.1. The quantitative estimate of drug-likeness (QED) is 0.537. The molecule has 2 rings (SSSR count). The fourth-order valence-electron chi connectivity index (χ4n) is 2.93. The zero-order valence-corrected chi connectivity index (χ0v) is 17.6. The molecular weight excluding hydrogens is 342 g/mol. The molecule has 1 fully saturated rings. The number of guanidine groups is 1. The van der Waals surface area contributed by atoms with Gasteiger partial charge in [0.2, 0.25) is 0 Å². The molecule has 0 spiro atoms. The van der Waals surface area contributed by atoms with Crippen LogP contribution in [0.3, 0.4) is 0 Å². The molecule has 26 heavy (non-hydrogen) atoms. The highest BCUT2D eigenvalue weighted by molar-refractivity contribution is 7.99. The van der Waals surface area contributed by atoms with Crippen LogP contribution < -0.4 is 10.6 Å². The van der Waals surface area contributed by atoms with E-state index < -0.39 is 0 Å². The molecule has 0 radical (unpaired) electrons. The molecule has 1 saturated heterocycles. The molecule has 0 aliphatic carbocycles. The van der Waals surface area contributed by atoms with Gasteiger partial charge >= 0.3 is 0 Å². The van der Waals surface area contributed by atoms with Gasteiger partial charge in [0, 0.05) is 64.2 Å². The maximum Gasteiger partial charge on any atom is 0.191 e. The Hall–Kier alpha value is -1.24. The van der Waals surface area contributed by atoms with Crippen molar-refractivity contribution >= 4 is 17.7 Å². The summed E-state index contributed by atoms with van der Waals surface area (Å²) in [5.74, 6) is 0.898. The van der Waals surface area contributed by atoms with Crippen LogP contribution in [-0.2, 0) is 6.54 Å². The lowest BCUT2D eigenvalue weighted by Gasteiger charge is -2.34. The summed E-state index contributed by atoms with van der Waals surface area (Å²) in [6, 6.07) is 10.8. The first-order valence-electron chi connectivity index (χ1n) is 9.51. The van der Waals surface area contributed by atoms with Gasteiger partial charge in [0.1, 0.15) is 0 Å². The van der Waals surface area contributed by atoms with E-state index in [1.807, 2.05) is 18.8 Å². The van der Waals surface area contributed by atoms with Gasteiger partial charge in [-0.25, -0.2) is 0 Å². The van der Waals surface area contributed by atoms with E-state index in [-0.39, 0.29) is 4.75 Å². The molecule has 1 heterocycles. The number of hydrogen-bond donors (Lipinski definition) is 2. The van der Waals surface area contributed by atoms with Crippen LogP contribution in [0.1, 0.15) is 19.4 Å². The van der Waals surface area contributed by atoms with Crippen molar-refractivity contribution in [2.45, 2.75) is 25.1 Å². The molecule has 2 N–H and O–H groups in total. The number of nitrogens with one attached hydrogen (secondary N) is 2. The minimum absolute atomic E-state index is 0.215. The van der Waals surface area contributed by atoms with Crippen LogP contribution in [0.25, 0.3) is 0 Å². The van der Waals surface area contributed by atoms with Crippen molar-refractivity contribution in [2.75, 3.05) is 59.1 Å². The van der Waals surface area contributed by atoms with Gasteiger partial charge in [-0.15, -0.1) is 0 Å². The van der Waals surface area contributed by atoms with Gasteiger partial charge in [0.25, 0.3) is 0 Å². The predicted molar refractivity (Wildman–Crippen MR) is 115 cm³/mol. The van der Waals surface area contributed by atoms with E-state index in [0.717, 1.165) is 58.3 Å². The summed E-state index contributed by atoms with van der Waals surface area (Å²) in [5, 5.41) is 6.86. The Kier molecular flexibility index (Phi) is 8.75. The maximum atomic E-state index is 4.33. The normalized spacial score (nSPS) is 17.3. The number of rotatable bonds is 8. The molecule has 0 aromatic heterocycles. The summed E-state index contributed by atoms with van der Waals surface area (Å²) in [4.78, 5) is 9.41. The molecule has 1 aromatic carbocycles. The van der Waals surface area contributed by atoms with Gasteiger partial charge in [0.15, 0.2) is 5.96 Å². The van der Waals surface area contributed by atoms with Crippen LogP contribution in [0.2, 0.25) is 0 Å². The van der Waals surface area contributed by atoms with Gasteiger partial charge < -0.3 is 10.6 Å². The fraction of sp³-hybridized carbons (Fsp3) is 0.650. The van der Waals surface area contributed by atoms with Crippen LogP contribution in [0.15, 0.2) is 35.3 Å². The largest absolute Gasteiger partial charge is 0.355 e. The SMILES string of the molecule is CN=C(NCCN1CCN(Cc2ccccc2)CC1)NCC(C)(C)SC. The van der Waals surface area contributed by atoms with Crippen LogP contribution in [0.4, 0.5) is 0 Å². The average molecular weight is 378 g/mol. The topological polar surface area (TPSA) is 42.9 Å². The van der Waals surface area contributed by atoms with Gasteiger partial charge in [-0.05, 0) is 25.7 Å². The third kappa shape index (κ3) is 7.56. The number of nitrogens with zero attached hydrogens (tertiary/aromatic N) is 3. The highest BCUT2D eigenvalue weighted by Gasteiger charge is 2.18. The summed E-state index contributed by atoms with van der Waals surface area (Å²) in [6.07, 6.45) is 2.15. The van der Waals surface area contributed by atoms with Crippen LogP contribution in [0, 0.1) is 0 Å². The molecule has 0 unspecified atom stereocenters. The van der Waals surface area contributed by atoms with E-state index in [1.54, 1.807) is 0 Å². The number of piperazine rings is 1. The summed E-state index contributed by atoms with van der Waals surface area (Å²) in [5.41, 5.74) is 1.41. The highest BCUT2D eigenvalue weighted by atomic mass is 32.2. The third-order valence-electron chi connectivity index (χ3n) is 4.89. The zero-order chi connectivity index (χ0) is 18.8. The minimum Gasteiger partial charge on any atom is -0.355 e. The Morgan fingerprint density at radius 3 is 2.35 bits per heavy atom. The third-order valence-corrected chi connectivity index (χ3v) is 6.14. The van der Waals surface area contributed by atoms with E-state index >= 15 is 0 Å². The predicted octanol–water partition coefficient (Wildman–Crippen LogP) is 2.11. The van der Waals surface area contributed by atoms with Crippen LogP contribution in [0.5, 0.6) is 0 Å². The van der Waals surface area contributed by atoms with Crippen molar-refractivity contribution in [1.29, 1.82) is 0 Å².